The van der Waals surface area contributed by atoms with E-state index < -0.39 is 20.9 Å². The van der Waals surface area contributed by atoms with Crippen molar-refractivity contribution >= 4 is 27.2 Å². The highest BCUT2D eigenvalue weighted by atomic mass is 35.5. The van der Waals surface area contributed by atoms with Gasteiger partial charge in [0, 0.05) is 6.42 Å². The normalized spacial score (nSPS) is 21.0. The molecular formula is C12H12ClFO3S. The van der Waals surface area contributed by atoms with Crippen molar-refractivity contribution in [1.82, 2.24) is 0 Å². The van der Waals surface area contributed by atoms with E-state index >= 15 is 0 Å². The summed E-state index contributed by atoms with van der Waals surface area (Å²) < 4.78 is 37.5. The first-order valence-corrected chi connectivity index (χ1v) is 7.57. The van der Waals surface area contributed by atoms with Crippen LogP contribution in [0.5, 0.6) is 0 Å². The van der Waals surface area contributed by atoms with Crippen LogP contribution < -0.4 is 0 Å². The van der Waals surface area contributed by atoms with E-state index in [0.717, 1.165) is 24.6 Å². The van der Waals surface area contributed by atoms with Gasteiger partial charge in [0.2, 0.25) is 0 Å². The maximum absolute atomic E-state index is 13.0. The van der Waals surface area contributed by atoms with Crippen LogP contribution in [0.25, 0.3) is 0 Å². The van der Waals surface area contributed by atoms with Gasteiger partial charge in [-0.15, -0.1) is 0 Å². The van der Waals surface area contributed by atoms with Gasteiger partial charge < -0.3 is 0 Å². The van der Waals surface area contributed by atoms with Crippen molar-refractivity contribution in [2.45, 2.75) is 35.8 Å². The van der Waals surface area contributed by atoms with E-state index in [1.54, 1.807) is 0 Å². The number of ketones is 1. The first kappa shape index (κ1) is 13.5. The van der Waals surface area contributed by atoms with Crippen LogP contribution in [0.1, 0.15) is 25.7 Å². The van der Waals surface area contributed by atoms with Gasteiger partial charge in [-0.2, -0.15) is 0 Å². The van der Waals surface area contributed by atoms with Gasteiger partial charge in [0.15, 0.2) is 15.6 Å². The van der Waals surface area contributed by atoms with Crippen LogP contribution in [0.4, 0.5) is 4.39 Å². The fourth-order valence-corrected chi connectivity index (χ4v) is 4.15. The summed E-state index contributed by atoms with van der Waals surface area (Å²) in [6.45, 7) is 0. The molecule has 0 aromatic heterocycles. The van der Waals surface area contributed by atoms with Gasteiger partial charge in [0.1, 0.15) is 11.1 Å². The van der Waals surface area contributed by atoms with Crippen molar-refractivity contribution in [3.63, 3.8) is 0 Å². The van der Waals surface area contributed by atoms with Gasteiger partial charge in [-0.3, -0.25) is 4.79 Å². The Labute approximate surface area is 110 Å². The molecule has 1 unspecified atom stereocenters. The first-order valence-electron chi connectivity index (χ1n) is 5.64. The van der Waals surface area contributed by atoms with Crippen molar-refractivity contribution < 1.29 is 17.6 Å². The molecule has 0 spiro atoms. The van der Waals surface area contributed by atoms with Crippen LogP contribution in [-0.4, -0.2) is 19.5 Å². The third-order valence-corrected chi connectivity index (χ3v) is 5.54. The molecule has 1 atom stereocenters. The molecule has 0 bridgehead atoms. The van der Waals surface area contributed by atoms with Gasteiger partial charge in [-0.05, 0) is 31.0 Å². The Morgan fingerprint density at radius 3 is 2.61 bits per heavy atom. The number of halogens is 2. The maximum atomic E-state index is 13.0. The average molecular weight is 291 g/mol. The van der Waals surface area contributed by atoms with E-state index in [-0.39, 0.29) is 15.7 Å². The Bertz CT molecular complexity index is 583. The van der Waals surface area contributed by atoms with Gasteiger partial charge in [0.05, 0.1) is 9.92 Å². The topological polar surface area (TPSA) is 51.2 Å². The molecule has 0 radical (unpaired) electrons. The third kappa shape index (κ3) is 2.42. The molecule has 0 aliphatic heterocycles. The average Bonchev–Trinajstić information content (AvgIpc) is 2.33. The lowest BCUT2D eigenvalue weighted by molar-refractivity contribution is -0.119. The molecule has 0 N–H and O–H groups in total. The number of carbonyl (C=O) groups excluding carboxylic acids is 1. The van der Waals surface area contributed by atoms with Crippen LogP contribution >= 0.6 is 11.6 Å². The zero-order valence-corrected chi connectivity index (χ0v) is 11.1. The minimum atomic E-state index is -3.75. The molecule has 0 saturated heterocycles. The lowest BCUT2D eigenvalue weighted by Crippen LogP contribution is -2.33. The zero-order valence-electron chi connectivity index (χ0n) is 9.53. The monoisotopic (exact) mass is 290 g/mol. The summed E-state index contributed by atoms with van der Waals surface area (Å²) in [5.74, 6) is -0.938. The van der Waals surface area contributed by atoms with Crippen LogP contribution in [0.15, 0.2) is 23.1 Å². The summed E-state index contributed by atoms with van der Waals surface area (Å²) in [6.07, 6.45) is 2.06. The Morgan fingerprint density at radius 2 is 2.00 bits per heavy atom. The Kier molecular flexibility index (Phi) is 3.73. The molecule has 1 fully saturated rings. The molecule has 1 aromatic rings. The van der Waals surface area contributed by atoms with E-state index in [0.29, 0.717) is 19.3 Å². The number of hydrogen-bond donors (Lipinski definition) is 0. The molecule has 1 aliphatic rings. The number of hydrogen-bond acceptors (Lipinski definition) is 3. The summed E-state index contributed by atoms with van der Waals surface area (Å²) in [4.78, 5) is 11.6. The zero-order chi connectivity index (χ0) is 13.3. The van der Waals surface area contributed by atoms with Crippen molar-refractivity contribution in [3.8, 4) is 0 Å². The first-order chi connectivity index (χ1) is 8.43. The third-order valence-electron chi connectivity index (χ3n) is 3.09. The number of Topliss-reactive ketones (excluding diaryl/α,β-unsaturated/α-hetero) is 1. The Hall–Kier alpha value is -0.940. The SMILES string of the molecule is O=C1CCCCC1S(=O)(=O)c1ccc(F)c(Cl)c1. The standard InChI is InChI=1S/C12H12ClFO3S/c13-9-7-8(5-6-10(9)14)18(16,17)12-4-2-1-3-11(12)15/h5-7,12H,1-4H2. The smallest absolute Gasteiger partial charge is 0.188 e. The highest BCUT2D eigenvalue weighted by Crippen LogP contribution is 2.28. The molecule has 18 heavy (non-hydrogen) atoms. The van der Waals surface area contributed by atoms with E-state index in [1.165, 1.54) is 0 Å². The molecule has 98 valence electrons. The van der Waals surface area contributed by atoms with Crippen LogP contribution in [-0.2, 0) is 14.6 Å². The minimum absolute atomic E-state index is 0.0887. The maximum Gasteiger partial charge on any atom is 0.188 e. The second-order valence-corrected chi connectivity index (χ2v) is 6.86. The van der Waals surface area contributed by atoms with Gasteiger partial charge >= 0.3 is 0 Å². The lowest BCUT2D eigenvalue weighted by Gasteiger charge is -2.20. The van der Waals surface area contributed by atoms with E-state index in [9.17, 15) is 17.6 Å². The summed E-state index contributed by atoms with van der Waals surface area (Å²) in [5, 5.41) is -1.26. The Morgan fingerprint density at radius 1 is 1.28 bits per heavy atom. The summed E-state index contributed by atoms with van der Waals surface area (Å²) >= 11 is 5.57. The molecule has 1 saturated carbocycles. The fourth-order valence-electron chi connectivity index (χ4n) is 2.10. The van der Waals surface area contributed by atoms with E-state index in [2.05, 4.69) is 0 Å². The molecular weight excluding hydrogens is 279 g/mol. The number of carbonyl (C=O) groups is 1. The molecule has 0 heterocycles. The van der Waals surface area contributed by atoms with Gasteiger partial charge in [0.25, 0.3) is 0 Å². The van der Waals surface area contributed by atoms with Crippen molar-refractivity contribution in [3.05, 3.63) is 29.0 Å². The van der Waals surface area contributed by atoms with Crippen molar-refractivity contribution in [2.75, 3.05) is 0 Å². The van der Waals surface area contributed by atoms with Crippen molar-refractivity contribution in [2.24, 2.45) is 0 Å². The second kappa shape index (κ2) is 4.97. The molecule has 0 amide bonds. The lowest BCUT2D eigenvalue weighted by atomic mass is 9.99. The predicted molar refractivity (Wildman–Crippen MR) is 65.9 cm³/mol. The van der Waals surface area contributed by atoms with E-state index in [4.69, 9.17) is 11.6 Å². The fraction of sp³-hybridized carbons (Fsp3) is 0.417. The predicted octanol–water partition coefficient (Wildman–Crippen LogP) is 2.76. The van der Waals surface area contributed by atoms with E-state index in [1.807, 2.05) is 0 Å². The van der Waals surface area contributed by atoms with Gasteiger partial charge in [-0.1, -0.05) is 18.0 Å². The highest BCUT2D eigenvalue weighted by Gasteiger charge is 2.35. The summed E-state index contributed by atoms with van der Waals surface area (Å²) in [6, 6.07) is 3.22. The summed E-state index contributed by atoms with van der Waals surface area (Å²) in [5.41, 5.74) is 0. The minimum Gasteiger partial charge on any atom is -0.298 e. The quantitative estimate of drug-likeness (QED) is 0.787. The second-order valence-electron chi connectivity index (χ2n) is 4.32. The highest BCUT2D eigenvalue weighted by molar-refractivity contribution is 7.92. The molecule has 1 aliphatic carbocycles. The molecule has 3 nitrogen and oxygen atoms in total. The molecule has 1 aromatic carbocycles. The number of benzene rings is 1. The Balaban J connectivity index is 2.41. The number of rotatable bonds is 2. The van der Waals surface area contributed by atoms with Crippen LogP contribution in [0.3, 0.4) is 0 Å². The summed E-state index contributed by atoms with van der Waals surface area (Å²) in [7, 11) is -3.75. The number of sulfone groups is 1. The largest absolute Gasteiger partial charge is 0.298 e. The van der Waals surface area contributed by atoms with Crippen LogP contribution in [0.2, 0.25) is 5.02 Å². The molecule has 2 rings (SSSR count). The van der Waals surface area contributed by atoms with Gasteiger partial charge in [-0.25, -0.2) is 12.8 Å². The van der Waals surface area contributed by atoms with Crippen LogP contribution in [0, 0.1) is 5.82 Å². The molecule has 6 heteroatoms. The van der Waals surface area contributed by atoms with Crippen molar-refractivity contribution in [1.29, 1.82) is 0 Å².